The number of anilines is 1. The number of urea groups is 1. The highest BCUT2D eigenvalue weighted by molar-refractivity contribution is 6.31. The van der Waals surface area contributed by atoms with Crippen molar-refractivity contribution in [3.8, 4) is 0 Å². The molecule has 2 heterocycles. The number of allylic oxidation sites excluding steroid dienone is 6. The zero-order valence-electron chi connectivity index (χ0n) is 22.0. The Morgan fingerprint density at radius 3 is 2.68 bits per heavy atom. The van der Waals surface area contributed by atoms with Crippen molar-refractivity contribution >= 4 is 34.9 Å². The number of carbonyl (C=O) groups is 2. The van der Waals surface area contributed by atoms with Gasteiger partial charge in [-0.05, 0) is 48.9 Å². The number of halogens is 1. The highest BCUT2D eigenvalue weighted by Gasteiger charge is 2.26. The van der Waals surface area contributed by atoms with Crippen molar-refractivity contribution in [2.45, 2.75) is 40.5 Å². The van der Waals surface area contributed by atoms with Crippen molar-refractivity contribution in [2.24, 2.45) is 10.5 Å². The minimum atomic E-state index is -0.406. The Hall–Kier alpha value is -3.36. The van der Waals surface area contributed by atoms with E-state index in [1.54, 1.807) is 23.2 Å². The van der Waals surface area contributed by atoms with Gasteiger partial charge in [0.2, 0.25) is 5.91 Å². The standard InChI is InChI=1S/C28H36ClN5O3/c1-5-8-22(29)10-7-14-30-27(36)31-25-13-12-24(28(2,3)4)32-34(25)23-11-6-9-21(19-23)20-26(35)33-15-17-37-18-16-33/h5-11,13-14,19H,12,15-18,20H2,1-4H3,(H2,30,31,36)/b8-5-,14-7+,22-10+. The summed E-state index contributed by atoms with van der Waals surface area (Å²) < 4.78 is 5.35. The summed E-state index contributed by atoms with van der Waals surface area (Å²) in [6.07, 6.45) is 11.3. The van der Waals surface area contributed by atoms with E-state index < -0.39 is 6.03 Å². The smallest absolute Gasteiger partial charge is 0.324 e. The summed E-state index contributed by atoms with van der Waals surface area (Å²) in [5.41, 5.74) is 2.48. The van der Waals surface area contributed by atoms with Crippen LogP contribution in [-0.4, -0.2) is 48.9 Å². The fraction of sp³-hybridized carbons (Fsp3) is 0.393. The minimum Gasteiger partial charge on any atom is -0.378 e. The van der Waals surface area contributed by atoms with E-state index in [-0.39, 0.29) is 11.3 Å². The third-order valence-corrected chi connectivity index (χ3v) is 6.06. The number of carbonyl (C=O) groups excluding carboxylic acids is 2. The van der Waals surface area contributed by atoms with Gasteiger partial charge in [0.25, 0.3) is 0 Å². The molecule has 1 saturated heterocycles. The maximum Gasteiger partial charge on any atom is 0.324 e. The van der Waals surface area contributed by atoms with Crippen LogP contribution in [-0.2, 0) is 16.0 Å². The molecule has 2 aliphatic rings. The number of hydrogen-bond acceptors (Lipinski definition) is 5. The molecule has 0 bridgehead atoms. The first-order valence-corrected chi connectivity index (χ1v) is 12.8. The second kappa shape index (κ2) is 13.3. The molecule has 198 valence electrons. The van der Waals surface area contributed by atoms with Crippen molar-refractivity contribution in [1.29, 1.82) is 0 Å². The summed E-state index contributed by atoms with van der Waals surface area (Å²) in [6, 6.07) is 7.28. The first-order valence-electron chi connectivity index (χ1n) is 12.4. The zero-order chi connectivity index (χ0) is 26.8. The number of hydrogen-bond donors (Lipinski definition) is 2. The Balaban J connectivity index is 1.76. The summed E-state index contributed by atoms with van der Waals surface area (Å²) in [5, 5.41) is 12.7. The van der Waals surface area contributed by atoms with Crippen molar-refractivity contribution in [3.05, 3.63) is 77.3 Å². The second-order valence-electron chi connectivity index (χ2n) is 9.75. The summed E-state index contributed by atoms with van der Waals surface area (Å²) in [7, 11) is 0. The maximum atomic E-state index is 12.8. The number of nitrogens with zero attached hydrogens (tertiary/aromatic N) is 3. The van der Waals surface area contributed by atoms with Crippen molar-refractivity contribution in [2.75, 3.05) is 31.3 Å². The van der Waals surface area contributed by atoms with E-state index in [1.165, 1.54) is 6.20 Å². The van der Waals surface area contributed by atoms with Gasteiger partial charge in [0, 0.05) is 41.9 Å². The number of ether oxygens (including phenoxy) is 1. The largest absolute Gasteiger partial charge is 0.378 e. The molecule has 0 radical (unpaired) electrons. The van der Waals surface area contributed by atoms with Crippen molar-refractivity contribution in [3.63, 3.8) is 0 Å². The molecule has 8 nitrogen and oxygen atoms in total. The van der Waals surface area contributed by atoms with Crippen LogP contribution in [0.5, 0.6) is 0 Å². The van der Waals surface area contributed by atoms with Gasteiger partial charge in [0.15, 0.2) is 0 Å². The van der Waals surface area contributed by atoms with Gasteiger partial charge in [0.1, 0.15) is 5.82 Å². The summed E-state index contributed by atoms with van der Waals surface area (Å²) in [6.45, 7) is 10.6. The first kappa shape index (κ1) is 28.2. The monoisotopic (exact) mass is 525 g/mol. The molecule has 0 aliphatic carbocycles. The average Bonchev–Trinajstić information content (AvgIpc) is 2.87. The topological polar surface area (TPSA) is 86.3 Å². The lowest BCUT2D eigenvalue weighted by Gasteiger charge is -2.31. The molecule has 0 unspecified atom stereocenters. The van der Waals surface area contributed by atoms with Crippen molar-refractivity contribution in [1.82, 2.24) is 15.5 Å². The lowest BCUT2D eigenvalue weighted by molar-refractivity contribution is -0.134. The Morgan fingerprint density at radius 2 is 1.97 bits per heavy atom. The van der Waals surface area contributed by atoms with Crippen LogP contribution in [0, 0.1) is 5.41 Å². The van der Waals surface area contributed by atoms with E-state index in [2.05, 4.69) is 31.4 Å². The summed E-state index contributed by atoms with van der Waals surface area (Å²) in [5.74, 6) is 0.611. The van der Waals surface area contributed by atoms with Crippen LogP contribution in [0.4, 0.5) is 10.5 Å². The number of benzene rings is 1. The summed E-state index contributed by atoms with van der Waals surface area (Å²) in [4.78, 5) is 27.2. The molecule has 0 aromatic heterocycles. The predicted octanol–water partition coefficient (Wildman–Crippen LogP) is 5.05. The molecule has 2 aliphatic heterocycles. The number of morpholine rings is 1. The predicted molar refractivity (Wildman–Crippen MR) is 149 cm³/mol. The Morgan fingerprint density at radius 1 is 1.22 bits per heavy atom. The van der Waals surface area contributed by atoms with Crippen LogP contribution in [0.25, 0.3) is 0 Å². The summed E-state index contributed by atoms with van der Waals surface area (Å²) >= 11 is 6.01. The molecule has 1 aromatic rings. The number of nitrogens with one attached hydrogen (secondary N) is 2. The number of rotatable bonds is 7. The normalized spacial score (nSPS) is 17.2. The highest BCUT2D eigenvalue weighted by Crippen LogP contribution is 2.29. The second-order valence-corrected chi connectivity index (χ2v) is 10.2. The molecular formula is C28H36ClN5O3. The van der Waals surface area contributed by atoms with Crippen LogP contribution in [0.1, 0.15) is 39.7 Å². The fourth-order valence-electron chi connectivity index (χ4n) is 3.78. The van der Waals surface area contributed by atoms with E-state index in [0.29, 0.717) is 50.0 Å². The first-order chi connectivity index (χ1) is 17.7. The average molecular weight is 526 g/mol. The molecule has 9 heteroatoms. The fourth-order valence-corrected chi connectivity index (χ4v) is 3.98. The molecule has 0 saturated carbocycles. The third kappa shape index (κ3) is 8.61. The van der Waals surface area contributed by atoms with Crippen LogP contribution in [0.3, 0.4) is 0 Å². The molecule has 0 atom stereocenters. The maximum absolute atomic E-state index is 12.8. The van der Waals surface area contributed by atoms with Gasteiger partial charge in [-0.1, -0.05) is 50.6 Å². The van der Waals surface area contributed by atoms with E-state index in [4.69, 9.17) is 21.4 Å². The van der Waals surface area contributed by atoms with Gasteiger partial charge in [-0.2, -0.15) is 5.10 Å². The molecule has 3 rings (SSSR count). The molecule has 1 fully saturated rings. The Bertz CT molecular complexity index is 1120. The highest BCUT2D eigenvalue weighted by atomic mass is 35.5. The van der Waals surface area contributed by atoms with E-state index in [9.17, 15) is 9.59 Å². The van der Waals surface area contributed by atoms with E-state index in [0.717, 1.165) is 17.0 Å². The van der Waals surface area contributed by atoms with Gasteiger partial charge < -0.3 is 15.0 Å². The van der Waals surface area contributed by atoms with Crippen LogP contribution in [0.2, 0.25) is 0 Å². The van der Waals surface area contributed by atoms with Gasteiger partial charge in [-0.25, -0.2) is 9.80 Å². The van der Waals surface area contributed by atoms with Crippen molar-refractivity contribution < 1.29 is 14.3 Å². The lowest BCUT2D eigenvalue weighted by atomic mass is 9.87. The van der Waals surface area contributed by atoms with Gasteiger partial charge in [0.05, 0.1) is 25.3 Å². The van der Waals surface area contributed by atoms with Gasteiger partial charge >= 0.3 is 6.03 Å². The molecule has 0 spiro atoms. The van der Waals surface area contributed by atoms with Gasteiger partial charge in [-0.3, -0.25) is 10.1 Å². The Kier molecular flexibility index (Phi) is 10.1. The van der Waals surface area contributed by atoms with Crippen LogP contribution in [0.15, 0.2) is 76.8 Å². The third-order valence-electron chi connectivity index (χ3n) is 5.81. The van der Waals surface area contributed by atoms with Crippen LogP contribution >= 0.6 is 11.6 Å². The lowest BCUT2D eigenvalue weighted by Crippen LogP contribution is -2.41. The molecule has 2 N–H and O–H groups in total. The molecular weight excluding hydrogens is 490 g/mol. The van der Waals surface area contributed by atoms with Crippen LogP contribution < -0.4 is 15.6 Å². The van der Waals surface area contributed by atoms with E-state index >= 15 is 0 Å². The minimum absolute atomic E-state index is 0.0709. The number of amides is 3. The quantitative estimate of drug-likeness (QED) is 0.487. The SMILES string of the molecule is C\C=C/C(Cl)=C\C=C\NC(=O)NC1=CCC(C(C)(C)C)=NN1c1cccc(CC(=O)N2CCOCC2)c1. The molecule has 1 aromatic carbocycles. The van der Waals surface area contributed by atoms with Gasteiger partial charge in [-0.15, -0.1) is 0 Å². The molecule has 3 amide bonds. The zero-order valence-corrected chi connectivity index (χ0v) is 22.7. The van der Waals surface area contributed by atoms with E-state index in [1.807, 2.05) is 48.2 Å². The Labute approximate surface area is 224 Å². The number of hydrazone groups is 1. The molecule has 37 heavy (non-hydrogen) atoms.